The van der Waals surface area contributed by atoms with Crippen molar-refractivity contribution in [1.82, 2.24) is 5.32 Å². The maximum Gasteiger partial charge on any atom is 0.0329 e. The highest BCUT2D eigenvalue weighted by molar-refractivity contribution is 7.84. The van der Waals surface area contributed by atoms with Crippen LogP contribution in [0.2, 0.25) is 0 Å². The van der Waals surface area contributed by atoms with Gasteiger partial charge < -0.3 is 5.32 Å². The lowest BCUT2D eigenvalue weighted by Crippen LogP contribution is -2.22. The van der Waals surface area contributed by atoms with E-state index in [2.05, 4.69) is 19.2 Å². The van der Waals surface area contributed by atoms with Crippen molar-refractivity contribution in [3.8, 4) is 0 Å². The molecule has 0 aliphatic heterocycles. The van der Waals surface area contributed by atoms with Crippen LogP contribution in [0.15, 0.2) is 0 Å². The van der Waals surface area contributed by atoms with E-state index in [0.29, 0.717) is 5.25 Å². The van der Waals surface area contributed by atoms with Crippen LogP contribution in [0.1, 0.15) is 52.4 Å². The first-order valence-corrected chi connectivity index (χ1v) is 7.83. The quantitative estimate of drug-likeness (QED) is 0.588. The largest absolute Gasteiger partial charge is 0.317 e. The van der Waals surface area contributed by atoms with Crippen LogP contribution in [0.5, 0.6) is 0 Å². The second-order valence-electron chi connectivity index (χ2n) is 4.26. The maximum atomic E-state index is 11.1. The van der Waals surface area contributed by atoms with E-state index in [4.69, 9.17) is 0 Å². The molecular formula is C12H27NOS. The third kappa shape index (κ3) is 10.4. The lowest BCUT2D eigenvalue weighted by molar-refractivity contribution is 0.571. The van der Waals surface area contributed by atoms with E-state index < -0.39 is 10.8 Å². The molecule has 2 unspecified atom stereocenters. The molecule has 0 heterocycles. The van der Waals surface area contributed by atoms with Crippen molar-refractivity contribution in [2.45, 2.75) is 57.6 Å². The summed E-state index contributed by atoms with van der Waals surface area (Å²) in [4.78, 5) is 0. The highest BCUT2D eigenvalue weighted by Gasteiger charge is 2.04. The predicted octanol–water partition coefficient (Wildman–Crippen LogP) is 2.70. The summed E-state index contributed by atoms with van der Waals surface area (Å²) in [7, 11) is -0.662. The first-order valence-electron chi connectivity index (χ1n) is 6.21. The van der Waals surface area contributed by atoms with Crippen LogP contribution in [0.25, 0.3) is 0 Å². The summed E-state index contributed by atoms with van der Waals surface area (Å²) < 4.78 is 11.1. The number of hydrogen-bond donors (Lipinski definition) is 1. The van der Waals surface area contributed by atoms with Gasteiger partial charge in [-0.05, 0) is 25.9 Å². The van der Waals surface area contributed by atoms with Crippen LogP contribution < -0.4 is 5.32 Å². The van der Waals surface area contributed by atoms with Crippen LogP contribution in [-0.4, -0.2) is 28.8 Å². The number of rotatable bonds is 10. The molecule has 0 aromatic heterocycles. The zero-order chi connectivity index (χ0) is 11.5. The molecule has 0 rings (SSSR count). The average molecular weight is 233 g/mol. The highest BCUT2D eigenvalue weighted by Crippen LogP contribution is 2.01. The van der Waals surface area contributed by atoms with Crippen LogP contribution >= 0.6 is 0 Å². The number of nitrogens with one attached hydrogen (secondary N) is 1. The fourth-order valence-corrected chi connectivity index (χ4v) is 1.90. The molecule has 92 valence electrons. The molecular weight excluding hydrogens is 206 g/mol. The second-order valence-corrected chi connectivity index (χ2v) is 6.06. The molecule has 1 N–H and O–H groups in total. The van der Waals surface area contributed by atoms with E-state index >= 15 is 0 Å². The lowest BCUT2D eigenvalue weighted by atomic mass is 10.1. The third-order valence-corrected chi connectivity index (χ3v) is 4.12. The monoisotopic (exact) mass is 233 g/mol. The smallest absolute Gasteiger partial charge is 0.0329 e. The Kier molecular flexibility index (Phi) is 10.7. The molecule has 0 saturated carbocycles. The van der Waals surface area contributed by atoms with E-state index in [1.54, 1.807) is 6.26 Å². The van der Waals surface area contributed by atoms with Crippen molar-refractivity contribution in [3.63, 3.8) is 0 Å². The fraction of sp³-hybridized carbons (Fsp3) is 1.00. The highest BCUT2D eigenvalue weighted by atomic mass is 32.2. The Morgan fingerprint density at radius 1 is 1.13 bits per heavy atom. The molecule has 0 aliphatic rings. The van der Waals surface area contributed by atoms with Gasteiger partial charge in [0.15, 0.2) is 0 Å². The molecule has 2 nitrogen and oxygen atoms in total. The molecule has 0 bridgehead atoms. The van der Waals surface area contributed by atoms with Gasteiger partial charge in [-0.15, -0.1) is 0 Å². The van der Waals surface area contributed by atoms with Gasteiger partial charge in [0.05, 0.1) is 0 Å². The van der Waals surface area contributed by atoms with E-state index in [0.717, 1.165) is 19.5 Å². The molecule has 0 spiro atoms. The summed E-state index contributed by atoms with van der Waals surface area (Å²) in [5, 5.41) is 3.74. The van der Waals surface area contributed by atoms with Crippen molar-refractivity contribution in [2.24, 2.45) is 0 Å². The summed E-state index contributed by atoms with van der Waals surface area (Å²) in [5.74, 6) is 0. The summed E-state index contributed by atoms with van der Waals surface area (Å²) in [5.41, 5.74) is 0. The van der Waals surface area contributed by atoms with Crippen molar-refractivity contribution < 1.29 is 4.21 Å². The second kappa shape index (κ2) is 10.6. The standard InChI is InChI=1S/C12H27NOS/c1-4-5-6-7-8-10-13-11-9-12(2)15(3)14/h12-13H,4-11H2,1-3H3. The van der Waals surface area contributed by atoms with E-state index in [9.17, 15) is 4.21 Å². The van der Waals surface area contributed by atoms with Crippen LogP contribution in [0, 0.1) is 0 Å². The molecule has 0 aromatic rings. The topological polar surface area (TPSA) is 29.1 Å². The summed E-state index contributed by atoms with van der Waals surface area (Å²) in [6.45, 7) is 6.42. The van der Waals surface area contributed by atoms with Crippen molar-refractivity contribution in [1.29, 1.82) is 0 Å². The van der Waals surface area contributed by atoms with Crippen LogP contribution in [0.4, 0.5) is 0 Å². The summed E-state index contributed by atoms with van der Waals surface area (Å²) in [6.07, 6.45) is 9.49. The molecule has 3 heteroatoms. The van der Waals surface area contributed by atoms with Crippen LogP contribution in [-0.2, 0) is 10.8 Å². The first kappa shape index (κ1) is 15.1. The van der Waals surface area contributed by atoms with Gasteiger partial charge in [-0.2, -0.15) is 0 Å². The van der Waals surface area contributed by atoms with Crippen molar-refractivity contribution in [3.05, 3.63) is 0 Å². The van der Waals surface area contributed by atoms with E-state index in [1.165, 1.54) is 32.1 Å². The average Bonchev–Trinajstić information content (AvgIpc) is 2.21. The fourth-order valence-electron chi connectivity index (χ4n) is 1.45. The van der Waals surface area contributed by atoms with E-state index in [-0.39, 0.29) is 0 Å². The zero-order valence-electron chi connectivity index (χ0n) is 10.6. The van der Waals surface area contributed by atoms with Gasteiger partial charge in [-0.3, -0.25) is 4.21 Å². The minimum atomic E-state index is -0.662. The van der Waals surface area contributed by atoms with Gasteiger partial charge in [0, 0.05) is 22.3 Å². The molecule has 0 saturated heterocycles. The van der Waals surface area contributed by atoms with Gasteiger partial charge in [0.2, 0.25) is 0 Å². The maximum absolute atomic E-state index is 11.1. The van der Waals surface area contributed by atoms with Crippen molar-refractivity contribution in [2.75, 3.05) is 19.3 Å². The van der Waals surface area contributed by atoms with Gasteiger partial charge in [-0.1, -0.05) is 39.5 Å². The minimum absolute atomic E-state index is 0.331. The molecule has 2 atom stereocenters. The van der Waals surface area contributed by atoms with Gasteiger partial charge in [-0.25, -0.2) is 0 Å². The normalized spacial score (nSPS) is 15.1. The minimum Gasteiger partial charge on any atom is -0.317 e. The number of unbranched alkanes of at least 4 members (excludes halogenated alkanes) is 4. The third-order valence-electron chi connectivity index (χ3n) is 2.75. The molecule has 0 aromatic carbocycles. The molecule has 15 heavy (non-hydrogen) atoms. The lowest BCUT2D eigenvalue weighted by Gasteiger charge is -2.08. The zero-order valence-corrected chi connectivity index (χ0v) is 11.4. The van der Waals surface area contributed by atoms with Crippen LogP contribution in [0.3, 0.4) is 0 Å². The molecule has 0 aliphatic carbocycles. The van der Waals surface area contributed by atoms with Gasteiger partial charge in [0.1, 0.15) is 0 Å². The summed E-state index contributed by atoms with van der Waals surface area (Å²) in [6, 6.07) is 0. The Morgan fingerprint density at radius 2 is 1.80 bits per heavy atom. The Morgan fingerprint density at radius 3 is 2.40 bits per heavy atom. The Labute approximate surface area is 97.7 Å². The predicted molar refractivity (Wildman–Crippen MR) is 69.8 cm³/mol. The summed E-state index contributed by atoms with van der Waals surface area (Å²) >= 11 is 0. The van der Waals surface area contributed by atoms with E-state index in [1.807, 2.05) is 0 Å². The van der Waals surface area contributed by atoms with Gasteiger partial charge in [0.25, 0.3) is 0 Å². The SMILES string of the molecule is CCCCCCCNCCC(C)S(C)=O. The molecule has 0 radical (unpaired) electrons. The Hall–Kier alpha value is 0.110. The Bertz CT molecular complexity index is 162. The number of hydrogen-bond acceptors (Lipinski definition) is 2. The van der Waals surface area contributed by atoms with Crippen molar-refractivity contribution >= 4 is 10.8 Å². The molecule has 0 fully saturated rings. The first-order chi connectivity index (χ1) is 7.18. The van der Waals surface area contributed by atoms with Gasteiger partial charge >= 0.3 is 0 Å². The Balaban J connectivity index is 3.08. The molecule has 0 amide bonds.